The van der Waals surface area contributed by atoms with Gasteiger partial charge in [0.2, 0.25) is 0 Å². The van der Waals surface area contributed by atoms with Crippen LogP contribution in [0.3, 0.4) is 0 Å². The zero-order valence-corrected chi connectivity index (χ0v) is 7.58. The molecule has 4 heteroatoms. The Bertz CT molecular complexity index is 487. The number of aromatic nitrogens is 1. The monoisotopic (exact) mass is 189 g/mol. The van der Waals surface area contributed by atoms with Gasteiger partial charge in [0, 0.05) is 18.1 Å². The van der Waals surface area contributed by atoms with Crippen LogP contribution < -0.4 is 11.5 Å². The molecule has 1 heterocycles. The maximum absolute atomic E-state index is 11.1. The Morgan fingerprint density at radius 1 is 1.43 bits per heavy atom. The van der Waals surface area contributed by atoms with E-state index in [4.69, 9.17) is 11.5 Å². The molecule has 0 spiro atoms. The molecule has 1 amide bonds. The molecule has 0 fully saturated rings. The van der Waals surface area contributed by atoms with Crippen molar-refractivity contribution in [3.8, 4) is 0 Å². The van der Waals surface area contributed by atoms with Gasteiger partial charge in [-0.25, -0.2) is 0 Å². The number of rotatable bonds is 2. The quantitative estimate of drug-likeness (QED) is 0.650. The third kappa shape index (κ3) is 1.25. The van der Waals surface area contributed by atoms with E-state index in [-0.39, 0.29) is 0 Å². The molecule has 0 atom stereocenters. The summed E-state index contributed by atoms with van der Waals surface area (Å²) in [4.78, 5) is 14.1. The van der Waals surface area contributed by atoms with E-state index >= 15 is 0 Å². The van der Waals surface area contributed by atoms with Crippen LogP contribution in [0.5, 0.6) is 0 Å². The van der Waals surface area contributed by atoms with Crippen LogP contribution in [0, 0.1) is 0 Å². The number of hydrogen-bond acceptors (Lipinski definition) is 2. The second-order valence-electron chi connectivity index (χ2n) is 3.15. The predicted octanol–water partition coefficient (Wildman–Crippen LogP) is 0.725. The van der Waals surface area contributed by atoms with Gasteiger partial charge < -0.3 is 16.5 Å². The van der Waals surface area contributed by atoms with E-state index in [9.17, 15) is 4.79 Å². The smallest absolute Gasteiger partial charge is 0.250 e. The zero-order chi connectivity index (χ0) is 10.1. The van der Waals surface area contributed by atoms with Gasteiger partial charge in [0.25, 0.3) is 5.91 Å². The maximum Gasteiger partial charge on any atom is 0.250 e. The Hall–Kier alpha value is -1.81. The minimum atomic E-state index is -0.437. The molecular formula is C10H11N3O. The van der Waals surface area contributed by atoms with Crippen LogP contribution in [0.4, 0.5) is 0 Å². The first-order valence-electron chi connectivity index (χ1n) is 4.32. The number of nitrogens with two attached hydrogens (primary N) is 2. The Labute approximate surface area is 80.9 Å². The molecule has 0 bridgehead atoms. The van der Waals surface area contributed by atoms with Gasteiger partial charge in [-0.3, -0.25) is 4.79 Å². The number of H-pyrrole nitrogens is 1. The average Bonchev–Trinajstić information content (AvgIpc) is 2.63. The van der Waals surface area contributed by atoms with Gasteiger partial charge in [0.05, 0.1) is 11.1 Å². The Balaban J connectivity index is 2.76. The third-order valence-electron chi connectivity index (χ3n) is 2.22. The minimum absolute atomic E-state index is 0.404. The lowest BCUT2D eigenvalue weighted by atomic mass is 10.1. The lowest BCUT2D eigenvalue weighted by Crippen LogP contribution is -2.12. The first-order valence-corrected chi connectivity index (χ1v) is 4.32. The summed E-state index contributed by atoms with van der Waals surface area (Å²) < 4.78 is 0. The van der Waals surface area contributed by atoms with Gasteiger partial charge >= 0.3 is 0 Å². The predicted molar refractivity (Wildman–Crippen MR) is 54.7 cm³/mol. The van der Waals surface area contributed by atoms with E-state index in [2.05, 4.69) is 4.98 Å². The molecule has 0 radical (unpaired) electrons. The van der Waals surface area contributed by atoms with E-state index < -0.39 is 5.91 Å². The number of carbonyl (C=O) groups excluding carboxylic acids is 1. The van der Waals surface area contributed by atoms with Crippen molar-refractivity contribution in [2.45, 2.75) is 6.54 Å². The molecule has 72 valence electrons. The molecule has 0 aliphatic heterocycles. The van der Waals surface area contributed by atoms with Crippen LogP contribution in [-0.2, 0) is 6.54 Å². The summed E-state index contributed by atoms with van der Waals surface area (Å²) in [5.74, 6) is -0.437. The molecule has 0 aliphatic carbocycles. The lowest BCUT2D eigenvalue weighted by Gasteiger charge is -2.02. The van der Waals surface area contributed by atoms with Crippen molar-refractivity contribution in [2.75, 3.05) is 0 Å². The number of hydrogen-bond donors (Lipinski definition) is 3. The van der Waals surface area contributed by atoms with Gasteiger partial charge in [-0.1, -0.05) is 0 Å². The highest BCUT2D eigenvalue weighted by Gasteiger charge is 2.08. The van der Waals surface area contributed by atoms with Crippen molar-refractivity contribution < 1.29 is 4.79 Å². The van der Waals surface area contributed by atoms with Crippen molar-refractivity contribution in [3.63, 3.8) is 0 Å². The first kappa shape index (κ1) is 8.77. The number of aromatic amines is 1. The molecule has 0 unspecified atom stereocenters. The van der Waals surface area contributed by atoms with Gasteiger partial charge in [-0.15, -0.1) is 0 Å². The number of benzene rings is 1. The van der Waals surface area contributed by atoms with Gasteiger partial charge in [-0.2, -0.15) is 0 Å². The van der Waals surface area contributed by atoms with Crippen molar-refractivity contribution in [1.82, 2.24) is 4.98 Å². The number of fused-ring (bicyclic) bond motifs is 1. The van der Waals surface area contributed by atoms with Crippen molar-refractivity contribution in [1.29, 1.82) is 0 Å². The van der Waals surface area contributed by atoms with E-state index in [0.29, 0.717) is 12.1 Å². The molecule has 1 aromatic carbocycles. The summed E-state index contributed by atoms with van der Waals surface area (Å²) in [5, 5.41) is 0.960. The second kappa shape index (κ2) is 3.16. The van der Waals surface area contributed by atoms with E-state index in [0.717, 1.165) is 16.5 Å². The van der Waals surface area contributed by atoms with Crippen molar-refractivity contribution in [2.24, 2.45) is 11.5 Å². The highest BCUT2D eigenvalue weighted by molar-refractivity contribution is 6.05. The molecule has 14 heavy (non-hydrogen) atoms. The molecule has 5 N–H and O–H groups in total. The van der Waals surface area contributed by atoms with Crippen molar-refractivity contribution in [3.05, 3.63) is 35.5 Å². The molecule has 4 nitrogen and oxygen atoms in total. The van der Waals surface area contributed by atoms with Crippen LogP contribution in [0.1, 0.15) is 15.9 Å². The Kier molecular flexibility index (Phi) is 1.98. The summed E-state index contributed by atoms with van der Waals surface area (Å²) in [6, 6.07) is 5.56. The topological polar surface area (TPSA) is 84.9 Å². The Morgan fingerprint density at radius 3 is 2.86 bits per heavy atom. The summed E-state index contributed by atoms with van der Waals surface area (Å²) in [7, 11) is 0. The van der Waals surface area contributed by atoms with Crippen LogP contribution in [0.15, 0.2) is 24.4 Å². The summed E-state index contributed by atoms with van der Waals surface area (Å²) in [5.41, 5.74) is 13.0. The van der Waals surface area contributed by atoms with E-state index in [1.165, 1.54) is 0 Å². The number of primary amides is 1. The van der Waals surface area contributed by atoms with Gasteiger partial charge in [0.15, 0.2) is 0 Å². The SMILES string of the molecule is NCc1cc(C(N)=O)c2[nH]ccc2c1. The maximum atomic E-state index is 11.1. The van der Waals surface area contributed by atoms with E-state index in [1.807, 2.05) is 12.1 Å². The van der Waals surface area contributed by atoms with Crippen LogP contribution in [0.25, 0.3) is 10.9 Å². The fraction of sp³-hybridized carbons (Fsp3) is 0.100. The largest absolute Gasteiger partial charge is 0.366 e. The van der Waals surface area contributed by atoms with Crippen LogP contribution in [-0.4, -0.2) is 10.9 Å². The van der Waals surface area contributed by atoms with Crippen LogP contribution in [0.2, 0.25) is 0 Å². The number of carbonyl (C=O) groups is 1. The molecule has 0 saturated carbocycles. The first-order chi connectivity index (χ1) is 6.72. The fourth-order valence-corrected chi connectivity index (χ4v) is 1.55. The van der Waals surface area contributed by atoms with Crippen LogP contribution >= 0.6 is 0 Å². The summed E-state index contributed by atoms with van der Waals surface area (Å²) in [6.07, 6.45) is 1.78. The minimum Gasteiger partial charge on any atom is -0.366 e. The van der Waals surface area contributed by atoms with E-state index in [1.54, 1.807) is 12.3 Å². The lowest BCUT2D eigenvalue weighted by molar-refractivity contribution is 0.100. The normalized spacial score (nSPS) is 10.6. The van der Waals surface area contributed by atoms with Gasteiger partial charge in [0.1, 0.15) is 0 Å². The zero-order valence-electron chi connectivity index (χ0n) is 7.58. The highest BCUT2D eigenvalue weighted by atomic mass is 16.1. The summed E-state index contributed by atoms with van der Waals surface area (Å²) in [6.45, 7) is 0.404. The van der Waals surface area contributed by atoms with Crippen molar-refractivity contribution >= 4 is 16.8 Å². The van der Waals surface area contributed by atoms with Gasteiger partial charge in [-0.05, 0) is 23.8 Å². The number of nitrogens with one attached hydrogen (secondary N) is 1. The number of amides is 1. The second-order valence-corrected chi connectivity index (χ2v) is 3.15. The fourth-order valence-electron chi connectivity index (χ4n) is 1.55. The molecular weight excluding hydrogens is 178 g/mol. The standard InChI is InChI=1S/C10H11N3O/c11-5-6-3-7-1-2-13-9(7)8(4-6)10(12)14/h1-4,13H,5,11H2,(H2,12,14). The molecule has 0 saturated heterocycles. The third-order valence-corrected chi connectivity index (χ3v) is 2.22. The highest BCUT2D eigenvalue weighted by Crippen LogP contribution is 2.19. The summed E-state index contributed by atoms with van der Waals surface area (Å²) >= 11 is 0. The average molecular weight is 189 g/mol. The Morgan fingerprint density at radius 2 is 2.21 bits per heavy atom. The molecule has 2 rings (SSSR count). The molecule has 1 aromatic heterocycles. The molecule has 2 aromatic rings. The molecule has 0 aliphatic rings.